The minimum absolute atomic E-state index is 0.209. The Hall–Kier alpha value is -1.66. The summed E-state index contributed by atoms with van der Waals surface area (Å²) in [6.45, 7) is -0.667. The molecule has 17 heavy (non-hydrogen) atoms. The van der Waals surface area contributed by atoms with Crippen LogP contribution in [0.15, 0.2) is 0 Å². The Balaban J connectivity index is 3.05. The lowest BCUT2D eigenvalue weighted by atomic mass is 9.65. The molecule has 1 rings (SSSR count). The Morgan fingerprint density at radius 2 is 1.59 bits per heavy atom. The molecule has 0 N–H and O–H groups in total. The van der Waals surface area contributed by atoms with Crippen LogP contribution in [0.2, 0.25) is 0 Å². The first-order valence-corrected chi connectivity index (χ1v) is 5.42. The van der Waals surface area contributed by atoms with Crippen molar-refractivity contribution < 1.29 is 24.7 Å². The molecule has 1 aliphatic carbocycles. The Morgan fingerprint density at radius 3 is 1.94 bits per heavy atom. The van der Waals surface area contributed by atoms with Gasteiger partial charge in [0.2, 0.25) is 6.54 Å². The highest BCUT2D eigenvalue weighted by Gasteiger charge is 2.45. The largest absolute Gasteiger partial charge is 0.549 e. The number of carbonyl (C=O) groups is 2. The van der Waals surface area contributed by atoms with Crippen LogP contribution >= 0.6 is 0 Å². The Bertz CT molecular complexity index is 320. The molecule has 0 saturated heterocycles. The van der Waals surface area contributed by atoms with E-state index in [1.54, 1.807) is 0 Å². The first-order valence-electron chi connectivity index (χ1n) is 5.42. The number of aliphatic carboxylic acids is 2. The monoisotopic (exact) mass is 243 g/mol. The van der Waals surface area contributed by atoms with Gasteiger partial charge in [-0.3, -0.25) is 10.1 Å². The summed E-state index contributed by atoms with van der Waals surface area (Å²) in [7, 11) is 0. The van der Waals surface area contributed by atoms with E-state index >= 15 is 0 Å². The molecule has 1 saturated carbocycles. The molecular weight excluding hydrogens is 230 g/mol. The first-order chi connectivity index (χ1) is 7.89. The molecule has 96 valence electrons. The topological polar surface area (TPSA) is 123 Å². The standard InChI is InChI=1S/C10H15NO6/c12-8(13)7(9(14)15)10(6-11(16)17)4-2-1-3-5-10/h7H,1-6H2,(H,12,13)(H,14,15)/p-2. The van der Waals surface area contributed by atoms with E-state index < -0.39 is 34.7 Å². The van der Waals surface area contributed by atoms with E-state index in [0.717, 1.165) is 6.42 Å². The van der Waals surface area contributed by atoms with Crippen molar-refractivity contribution in [1.82, 2.24) is 0 Å². The summed E-state index contributed by atoms with van der Waals surface area (Å²) < 4.78 is 0. The normalized spacial score (nSPS) is 18.9. The van der Waals surface area contributed by atoms with E-state index in [0.29, 0.717) is 12.8 Å². The second-order valence-electron chi connectivity index (χ2n) is 4.48. The molecule has 0 aromatic heterocycles. The summed E-state index contributed by atoms with van der Waals surface area (Å²) in [4.78, 5) is 31.7. The Kier molecular flexibility index (Phi) is 4.03. The molecule has 0 aliphatic heterocycles. The van der Waals surface area contributed by atoms with Gasteiger partial charge in [-0.05, 0) is 12.8 Å². The highest BCUT2D eigenvalue weighted by Crippen LogP contribution is 2.42. The predicted molar refractivity (Wildman–Crippen MR) is 50.9 cm³/mol. The molecule has 0 bridgehead atoms. The number of carboxylic acids is 2. The van der Waals surface area contributed by atoms with E-state index in [2.05, 4.69) is 0 Å². The zero-order valence-corrected chi connectivity index (χ0v) is 9.22. The number of hydrogen-bond donors (Lipinski definition) is 0. The summed E-state index contributed by atoms with van der Waals surface area (Å²) in [6, 6.07) is 0. The van der Waals surface area contributed by atoms with E-state index in [4.69, 9.17) is 0 Å². The van der Waals surface area contributed by atoms with Crippen LogP contribution in [0.4, 0.5) is 0 Å². The van der Waals surface area contributed by atoms with Crippen molar-refractivity contribution in [3.63, 3.8) is 0 Å². The van der Waals surface area contributed by atoms with Gasteiger partial charge < -0.3 is 19.8 Å². The van der Waals surface area contributed by atoms with Gasteiger partial charge in [-0.25, -0.2) is 0 Å². The number of nitro groups is 1. The molecule has 7 nitrogen and oxygen atoms in total. The van der Waals surface area contributed by atoms with Crippen molar-refractivity contribution in [3.05, 3.63) is 10.1 Å². The number of nitrogens with zero attached hydrogens (tertiary/aromatic N) is 1. The number of hydrogen-bond acceptors (Lipinski definition) is 6. The van der Waals surface area contributed by atoms with Crippen LogP contribution in [-0.2, 0) is 9.59 Å². The van der Waals surface area contributed by atoms with Gasteiger partial charge in [-0.15, -0.1) is 0 Å². The third kappa shape index (κ3) is 2.92. The van der Waals surface area contributed by atoms with Crippen LogP contribution < -0.4 is 10.2 Å². The lowest BCUT2D eigenvalue weighted by Crippen LogP contribution is -2.55. The Morgan fingerprint density at radius 1 is 1.12 bits per heavy atom. The average Bonchev–Trinajstić information content (AvgIpc) is 2.15. The number of carboxylic acid groups (broad SMARTS) is 2. The van der Waals surface area contributed by atoms with Crippen molar-refractivity contribution >= 4 is 11.9 Å². The van der Waals surface area contributed by atoms with Gasteiger partial charge >= 0.3 is 0 Å². The van der Waals surface area contributed by atoms with Crippen LogP contribution in [0.3, 0.4) is 0 Å². The molecule has 0 amide bonds. The van der Waals surface area contributed by atoms with E-state index in [-0.39, 0.29) is 12.8 Å². The maximum absolute atomic E-state index is 10.9. The SMILES string of the molecule is O=C([O-])C(C(=O)[O-])C1(C[N+](=O)[O-])CCCCC1. The fraction of sp³-hybridized carbons (Fsp3) is 0.800. The zero-order chi connectivity index (χ0) is 13.1. The van der Waals surface area contributed by atoms with Crippen molar-refractivity contribution in [1.29, 1.82) is 0 Å². The summed E-state index contributed by atoms with van der Waals surface area (Å²) >= 11 is 0. The van der Waals surface area contributed by atoms with Crippen molar-refractivity contribution in [2.75, 3.05) is 6.54 Å². The maximum Gasteiger partial charge on any atom is 0.210 e. The maximum atomic E-state index is 10.9. The summed E-state index contributed by atoms with van der Waals surface area (Å²) in [5.74, 6) is -5.50. The lowest BCUT2D eigenvalue weighted by molar-refractivity contribution is -0.502. The number of carbonyl (C=O) groups excluding carboxylic acids is 2. The second-order valence-corrected chi connectivity index (χ2v) is 4.48. The van der Waals surface area contributed by atoms with Gasteiger partial charge in [0.05, 0.1) is 17.9 Å². The van der Waals surface area contributed by atoms with Gasteiger partial charge in [0.15, 0.2) is 0 Å². The number of rotatable bonds is 5. The lowest BCUT2D eigenvalue weighted by Gasteiger charge is -2.41. The Labute approximate surface area is 97.6 Å². The zero-order valence-electron chi connectivity index (χ0n) is 9.22. The van der Waals surface area contributed by atoms with Gasteiger partial charge in [-0.2, -0.15) is 0 Å². The van der Waals surface area contributed by atoms with Gasteiger partial charge in [0.25, 0.3) is 0 Å². The molecule has 0 aromatic rings. The van der Waals surface area contributed by atoms with Crippen molar-refractivity contribution in [3.8, 4) is 0 Å². The van der Waals surface area contributed by atoms with Crippen LogP contribution in [0.25, 0.3) is 0 Å². The van der Waals surface area contributed by atoms with Gasteiger partial charge in [-0.1, -0.05) is 19.3 Å². The molecule has 0 spiro atoms. The van der Waals surface area contributed by atoms with Crippen molar-refractivity contribution in [2.45, 2.75) is 32.1 Å². The highest BCUT2D eigenvalue weighted by molar-refractivity contribution is 5.91. The smallest absolute Gasteiger partial charge is 0.210 e. The van der Waals surface area contributed by atoms with Crippen LogP contribution in [-0.4, -0.2) is 23.4 Å². The predicted octanol–water partition coefficient (Wildman–Crippen LogP) is -1.67. The molecule has 1 fully saturated rings. The average molecular weight is 243 g/mol. The quantitative estimate of drug-likeness (QED) is 0.323. The molecule has 7 heteroatoms. The minimum atomic E-state index is -1.91. The van der Waals surface area contributed by atoms with Crippen LogP contribution in [0.1, 0.15) is 32.1 Å². The van der Waals surface area contributed by atoms with E-state index in [9.17, 15) is 29.9 Å². The van der Waals surface area contributed by atoms with E-state index in [1.807, 2.05) is 0 Å². The molecule has 0 aromatic carbocycles. The minimum Gasteiger partial charge on any atom is -0.549 e. The molecule has 0 radical (unpaired) electrons. The first kappa shape index (κ1) is 13.4. The van der Waals surface area contributed by atoms with Crippen molar-refractivity contribution in [2.24, 2.45) is 11.3 Å². The molecule has 0 atom stereocenters. The molecule has 1 aliphatic rings. The third-order valence-electron chi connectivity index (χ3n) is 3.38. The highest BCUT2D eigenvalue weighted by atomic mass is 16.6. The summed E-state index contributed by atoms with van der Waals surface area (Å²) in [5, 5.41) is 32.3. The van der Waals surface area contributed by atoms with E-state index in [1.165, 1.54) is 0 Å². The molecular formula is C10H13NO6-2. The fourth-order valence-corrected chi connectivity index (χ4v) is 2.65. The molecule has 0 heterocycles. The van der Waals surface area contributed by atoms with Crippen LogP contribution in [0.5, 0.6) is 0 Å². The fourth-order valence-electron chi connectivity index (χ4n) is 2.65. The van der Waals surface area contributed by atoms with Gasteiger partial charge in [0, 0.05) is 10.3 Å². The molecule has 0 unspecified atom stereocenters. The second kappa shape index (κ2) is 5.11. The van der Waals surface area contributed by atoms with Crippen LogP contribution in [0, 0.1) is 21.4 Å². The summed E-state index contributed by atoms with van der Waals surface area (Å²) in [5.41, 5.74) is -1.36. The van der Waals surface area contributed by atoms with Gasteiger partial charge in [0.1, 0.15) is 0 Å². The third-order valence-corrected chi connectivity index (χ3v) is 3.38. The summed E-state index contributed by atoms with van der Waals surface area (Å²) in [6.07, 6.45) is 2.42.